The van der Waals surface area contributed by atoms with Crippen LogP contribution < -0.4 is 10.5 Å². The lowest BCUT2D eigenvalue weighted by atomic mass is 10.2. The molecule has 112 valence electrons. The zero-order chi connectivity index (χ0) is 15.0. The van der Waals surface area contributed by atoms with Crippen molar-refractivity contribution in [3.05, 3.63) is 29.8 Å². The molecule has 20 heavy (non-hydrogen) atoms. The van der Waals surface area contributed by atoms with Gasteiger partial charge in [-0.3, -0.25) is 0 Å². The second kappa shape index (κ2) is 5.01. The Hall–Kier alpha value is -1.12. The number of hydrogen-bond donors (Lipinski definition) is 2. The Morgan fingerprint density at radius 1 is 1.20 bits per heavy atom. The molecule has 0 heterocycles. The largest absolute Gasteiger partial charge is 0.407 e. The first-order valence-electron chi connectivity index (χ1n) is 6.10. The van der Waals surface area contributed by atoms with Gasteiger partial charge >= 0.3 is 6.18 Å². The van der Waals surface area contributed by atoms with Crippen molar-refractivity contribution in [1.29, 1.82) is 0 Å². The van der Waals surface area contributed by atoms with Crippen molar-refractivity contribution in [1.82, 2.24) is 4.72 Å². The Morgan fingerprint density at radius 2 is 1.75 bits per heavy atom. The van der Waals surface area contributed by atoms with E-state index in [1.165, 1.54) is 12.1 Å². The number of alkyl halides is 3. The summed E-state index contributed by atoms with van der Waals surface area (Å²) in [5.41, 5.74) is 3.91. The smallest absolute Gasteiger partial charge is 0.330 e. The van der Waals surface area contributed by atoms with Gasteiger partial charge in [0.2, 0.25) is 10.0 Å². The standard InChI is InChI=1S/C12H15F3N2O2S/c13-12(14,15)11(6-7-11)17-20(18,19)10-3-1-9(2-4-10)5-8-16/h1-4,17H,5-8,16H2. The highest BCUT2D eigenvalue weighted by atomic mass is 32.2. The van der Waals surface area contributed by atoms with Gasteiger partial charge in [0, 0.05) is 0 Å². The summed E-state index contributed by atoms with van der Waals surface area (Å²) in [5, 5.41) is 0. The van der Waals surface area contributed by atoms with Gasteiger partial charge in [-0.15, -0.1) is 0 Å². The molecule has 0 unspecified atom stereocenters. The van der Waals surface area contributed by atoms with Crippen LogP contribution in [-0.4, -0.2) is 26.7 Å². The number of halogens is 3. The minimum absolute atomic E-state index is 0.172. The van der Waals surface area contributed by atoms with E-state index in [9.17, 15) is 21.6 Å². The molecule has 0 radical (unpaired) electrons. The molecular weight excluding hydrogens is 293 g/mol. The van der Waals surface area contributed by atoms with Crippen molar-refractivity contribution in [3.8, 4) is 0 Å². The lowest BCUT2D eigenvalue weighted by Crippen LogP contribution is -2.47. The average Bonchev–Trinajstić information content (AvgIpc) is 3.10. The van der Waals surface area contributed by atoms with Crippen LogP contribution in [0.5, 0.6) is 0 Å². The number of sulfonamides is 1. The van der Waals surface area contributed by atoms with Gasteiger partial charge in [-0.2, -0.15) is 17.9 Å². The molecule has 0 saturated heterocycles. The van der Waals surface area contributed by atoms with E-state index in [1.807, 2.05) is 0 Å². The third kappa shape index (κ3) is 2.97. The van der Waals surface area contributed by atoms with Gasteiger partial charge in [-0.25, -0.2) is 8.42 Å². The predicted octanol–water partition coefficient (Wildman–Crippen LogP) is 1.56. The van der Waals surface area contributed by atoms with E-state index < -0.39 is 21.7 Å². The fourth-order valence-corrected chi connectivity index (χ4v) is 3.33. The Morgan fingerprint density at radius 3 is 2.15 bits per heavy atom. The number of hydrogen-bond acceptors (Lipinski definition) is 3. The average molecular weight is 308 g/mol. The third-order valence-corrected chi connectivity index (χ3v) is 4.84. The van der Waals surface area contributed by atoms with Crippen molar-refractivity contribution >= 4 is 10.0 Å². The summed E-state index contributed by atoms with van der Waals surface area (Å²) in [5.74, 6) is 0. The van der Waals surface area contributed by atoms with Crippen LogP contribution in [0.15, 0.2) is 29.2 Å². The Kier molecular flexibility index (Phi) is 3.83. The van der Waals surface area contributed by atoms with Gasteiger partial charge in [0.05, 0.1) is 4.90 Å². The summed E-state index contributed by atoms with van der Waals surface area (Å²) in [6.07, 6.45) is -4.43. The Bertz CT molecular complexity index is 578. The van der Waals surface area contributed by atoms with Crippen LogP contribution in [0.3, 0.4) is 0 Å². The molecule has 0 bridgehead atoms. The molecule has 8 heteroatoms. The summed E-state index contributed by atoms with van der Waals surface area (Å²) < 4.78 is 64.0. The molecule has 1 aromatic carbocycles. The molecule has 1 aromatic rings. The van der Waals surface area contributed by atoms with E-state index in [0.29, 0.717) is 13.0 Å². The first-order valence-corrected chi connectivity index (χ1v) is 7.58. The fraction of sp³-hybridized carbons (Fsp3) is 0.500. The zero-order valence-electron chi connectivity index (χ0n) is 10.6. The highest BCUT2D eigenvalue weighted by Crippen LogP contribution is 2.49. The number of nitrogens with two attached hydrogens (primary N) is 1. The van der Waals surface area contributed by atoms with Crippen molar-refractivity contribution in [2.45, 2.75) is 35.9 Å². The highest BCUT2D eigenvalue weighted by Gasteiger charge is 2.65. The van der Waals surface area contributed by atoms with E-state index in [4.69, 9.17) is 5.73 Å². The van der Waals surface area contributed by atoms with Gasteiger partial charge in [0.1, 0.15) is 5.54 Å². The summed E-state index contributed by atoms with van der Waals surface area (Å²) in [6, 6.07) is 5.68. The maximum Gasteiger partial charge on any atom is 0.407 e. The molecule has 1 fully saturated rings. The summed E-state index contributed by atoms with van der Waals surface area (Å²) in [7, 11) is -4.17. The molecule has 4 nitrogen and oxygen atoms in total. The molecule has 0 aromatic heterocycles. The number of benzene rings is 1. The van der Waals surface area contributed by atoms with Gasteiger partial charge in [0.25, 0.3) is 0 Å². The summed E-state index contributed by atoms with van der Waals surface area (Å²) in [4.78, 5) is -0.172. The SMILES string of the molecule is NCCc1ccc(S(=O)(=O)NC2(C(F)(F)F)CC2)cc1. The van der Waals surface area contributed by atoms with Crippen molar-refractivity contribution in [3.63, 3.8) is 0 Å². The lowest BCUT2D eigenvalue weighted by Gasteiger charge is -2.20. The molecule has 0 aliphatic heterocycles. The van der Waals surface area contributed by atoms with Crippen molar-refractivity contribution < 1.29 is 21.6 Å². The Labute approximate surface area is 115 Å². The molecule has 1 saturated carbocycles. The summed E-state index contributed by atoms with van der Waals surface area (Å²) in [6.45, 7) is 0.418. The Balaban J connectivity index is 2.19. The third-order valence-electron chi connectivity index (χ3n) is 3.29. The normalized spacial score (nSPS) is 18.0. The maximum absolute atomic E-state index is 12.8. The number of nitrogens with one attached hydrogen (secondary N) is 1. The molecule has 0 amide bonds. The van der Waals surface area contributed by atoms with Crippen LogP contribution in [0.4, 0.5) is 13.2 Å². The van der Waals surface area contributed by atoms with Gasteiger partial charge in [-0.05, 0) is 43.5 Å². The van der Waals surface area contributed by atoms with Gasteiger partial charge in [-0.1, -0.05) is 12.1 Å². The second-order valence-corrected chi connectivity index (χ2v) is 6.55. The second-order valence-electron chi connectivity index (χ2n) is 4.87. The van der Waals surface area contributed by atoms with Crippen LogP contribution in [0, 0.1) is 0 Å². The molecule has 1 aliphatic carbocycles. The van der Waals surface area contributed by atoms with E-state index in [2.05, 4.69) is 0 Å². The predicted molar refractivity (Wildman–Crippen MR) is 67.5 cm³/mol. The summed E-state index contributed by atoms with van der Waals surface area (Å²) >= 11 is 0. The minimum Gasteiger partial charge on any atom is -0.330 e. The fourth-order valence-electron chi connectivity index (χ4n) is 1.89. The van der Waals surface area contributed by atoms with Crippen LogP contribution in [0.1, 0.15) is 18.4 Å². The lowest BCUT2D eigenvalue weighted by molar-refractivity contribution is -0.160. The molecule has 0 spiro atoms. The first-order chi connectivity index (χ1) is 9.20. The molecule has 1 aliphatic rings. The van der Waals surface area contributed by atoms with Crippen molar-refractivity contribution in [2.75, 3.05) is 6.54 Å². The maximum atomic E-state index is 12.8. The van der Waals surface area contributed by atoms with Crippen LogP contribution >= 0.6 is 0 Å². The van der Waals surface area contributed by atoms with Crippen LogP contribution in [0.2, 0.25) is 0 Å². The molecule has 0 atom stereocenters. The molecular formula is C12H15F3N2O2S. The van der Waals surface area contributed by atoms with Gasteiger partial charge in [0.15, 0.2) is 0 Å². The van der Waals surface area contributed by atoms with Crippen LogP contribution in [0.25, 0.3) is 0 Å². The van der Waals surface area contributed by atoms with Crippen LogP contribution in [-0.2, 0) is 16.4 Å². The monoisotopic (exact) mass is 308 g/mol. The molecule has 3 N–H and O–H groups in total. The van der Waals surface area contributed by atoms with Gasteiger partial charge < -0.3 is 5.73 Å². The molecule has 2 rings (SSSR count). The topological polar surface area (TPSA) is 72.2 Å². The van der Waals surface area contributed by atoms with E-state index in [1.54, 1.807) is 16.9 Å². The number of rotatable bonds is 5. The van der Waals surface area contributed by atoms with E-state index in [0.717, 1.165) is 5.56 Å². The van der Waals surface area contributed by atoms with E-state index in [-0.39, 0.29) is 17.7 Å². The van der Waals surface area contributed by atoms with E-state index >= 15 is 0 Å². The first kappa shape index (κ1) is 15.3. The highest BCUT2D eigenvalue weighted by molar-refractivity contribution is 7.89. The minimum atomic E-state index is -4.57. The quantitative estimate of drug-likeness (QED) is 0.867. The van der Waals surface area contributed by atoms with Crippen molar-refractivity contribution in [2.24, 2.45) is 5.73 Å². The zero-order valence-corrected chi connectivity index (χ0v) is 11.4.